The molecule has 4 nitrogen and oxygen atoms in total. The van der Waals surface area contributed by atoms with Crippen molar-refractivity contribution < 1.29 is 9.50 Å². The van der Waals surface area contributed by atoms with E-state index < -0.39 is 11.9 Å². The van der Waals surface area contributed by atoms with Gasteiger partial charge in [0.2, 0.25) is 0 Å². The van der Waals surface area contributed by atoms with Gasteiger partial charge in [-0.1, -0.05) is 0 Å². The number of likely N-dealkylation sites (N-methyl/N-ethyl adjacent to an activating group) is 1. The first-order valence-corrected chi connectivity index (χ1v) is 4.77. The summed E-state index contributed by atoms with van der Waals surface area (Å²) in [4.78, 5) is 1.77. The van der Waals surface area contributed by atoms with Gasteiger partial charge in [-0.3, -0.25) is 0 Å². The minimum absolute atomic E-state index is 0.0489. The number of nitriles is 1. The number of aliphatic hydroxyl groups excluding tert-OH is 1. The van der Waals surface area contributed by atoms with E-state index in [-0.39, 0.29) is 11.3 Å². The molecule has 1 rings (SSSR count). The molecule has 0 saturated heterocycles. The van der Waals surface area contributed by atoms with Crippen LogP contribution in [0.15, 0.2) is 12.1 Å². The van der Waals surface area contributed by atoms with Crippen molar-refractivity contribution >= 4 is 5.69 Å². The predicted octanol–water partition coefficient (Wildman–Crippen LogP) is 0.875. The summed E-state index contributed by atoms with van der Waals surface area (Å²) in [6.45, 7) is 0.355. The van der Waals surface area contributed by atoms with Gasteiger partial charge >= 0.3 is 0 Å². The molecule has 1 aromatic rings. The monoisotopic (exact) mass is 223 g/mol. The first-order valence-electron chi connectivity index (χ1n) is 4.77. The zero-order valence-electron chi connectivity index (χ0n) is 9.24. The van der Waals surface area contributed by atoms with Crippen molar-refractivity contribution in [2.75, 3.05) is 26.4 Å². The Kier molecular flexibility index (Phi) is 3.82. The Morgan fingerprint density at radius 1 is 1.56 bits per heavy atom. The van der Waals surface area contributed by atoms with Gasteiger partial charge in [0.1, 0.15) is 11.9 Å². The minimum atomic E-state index is -0.836. The molecular formula is C11H14FN3O. The zero-order valence-corrected chi connectivity index (χ0v) is 9.24. The first-order chi connectivity index (χ1) is 7.45. The number of rotatable bonds is 3. The highest BCUT2D eigenvalue weighted by Gasteiger charge is 2.14. The number of hydrogen-bond acceptors (Lipinski definition) is 4. The number of hydrogen-bond donors (Lipinski definition) is 2. The van der Waals surface area contributed by atoms with Crippen LogP contribution in [-0.4, -0.2) is 30.6 Å². The van der Waals surface area contributed by atoms with Crippen molar-refractivity contribution in [3.63, 3.8) is 0 Å². The van der Waals surface area contributed by atoms with Gasteiger partial charge < -0.3 is 15.7 Å². The lowest BCUT2D eigenvalue weighted by atomic mass is 10.0. The van der Waals surface area contributed by atoms with Crippen LogP contribution in [0.3, 0.4) is 0 Å². The van der Waals surface area contributed by atoms with E-state index in [4.69, 9.17) is 11.0 Å². The van der Waals surface area contributed by atoms with E-state index in [1.54, 1.807) is 25.1 Å². The zero-order chi connectivity index (χ0) is 12.3. The molecule has 16 heavy (non-hydrogen) atoms. The van der Waals surface area contributed by atoms with E-state index >= 15 is 0 Å². The number of halogens is 1. The van der Waals surface area contributed by atoms with E-state index in [1.165, 1.54) is 6.07 Å². The molecule has 0 saturated carbocycles. The highest BCUT2D eigenvalue weighted by molar-refractivity contribution is 5.56. The number of nitrogen functional groups attached to an aromatic ring is 1. The molecular weight excluding hydrogens is 209 g/mol. The summed E-state index contributed by atoms with van der Waals surface area (Å²) in [6.07, 6.45) is -0.836. The quantitative estimate of drug-likeness (QED) is 0.746. The van der Waals surface area contributed by atoms with Gasteiger partial charge in [-0.15, -0.1) is 0 Å². The van der Waals surface area contributed by atoms with Gasteiger partial charge in [0, 0.05) is 6.54 Å². The minimum Gasteiger partial charge on any atom is -0.395 e. The summed E-state index contributed by atoms with van der Waals surface area (Å²) >= 11 is 0. The largest absolute Gasteiger partial charge is 0.395 e. The Morgan fingerprint density at radius 3 is 2.69 bits per heavy atom. The van der Waals surface area contributed by atoms with Crippen LogP contribution in [0.5, 0.6) is 0 Å². The maximum absolute atomic E-state index is 13.3. The highest BCUT2D eigenvalue weighted by atomic mass is 19.1. The molecule has 3 N–H and O–H groups in total. The van der Waals surface area contributed by atoms with E-state index in [1.807, 2.05) is 0 Å². The maximum atomic E-state index is 13.3. The molecule has 0 aliphatic rings. The van der Waals surface area contributed by atoms with Crippen molar-refractivity contribution in [2.24, 2.45) is 0 Å². The topological polar surface area (TPSA) is 73.3 Å². The van der Waals surface area contributed by atoms with Crippen molar-refractivity contribution in [3.8, 4) is 6.07 Å². The van der Waals surface area contributed by atoms with Crippen LogP contribution >= 0.6 is 0 Å². The summed E-state index contributed by atoms with van der Waals surface area (Å²) in [5, 5.41) is 18.5. The van der Waals surface area contributed by atoms with Crippen LogP contribution < -0.4 is 5.73 Å². The number of benzene rings is 1. The molecule has 0 radical (unpaired) electrons. The van der Waals surface area contributed by atoms with Gasteiger partial charge in [0.25, 0.3) is 0 Å². The highest BCUT2D eigenvalue weighted by Crippen LogP contribution is 2.22. The number of nitrogens with zero attached hydrogens (tertiary/aromatic N) is 2. The van der Waals surface area contributed by atoms with Crippen molar-refractivity contribution in [1.29, 1.82) is 5.26 Å². The van der Waals surface area contributed by atoms with Crippen molar-refractivity contribution in [1.82, 2.24) is 4.90 Å². The average Bonchev–Trinajstić information content (AvgIpc) is 2.20. The SMILES string of the molecule is CN(C)CC(O)c1cc(F)c(N)c(C#N)c1. The summed E-state index contributed by atoms with van der Waals surface area (Å²) < 4.78 is 13.3. The second-order valence-electron chi connectivity index (χ2n) is 3.85. The molecule has 0 spiro atoms. The third kappa shape index (κ3) is 2.69. The van der Waals surface area contributed by atoms with Gasteiger partial charge in [0.15, 0.2) is 0 Å². The normalized spacial score (nSPS) is 12.5. The average molecular weight is 223 g/mol. The Bertz CT molecular complexity index is 426. The Labute approximate surface area is 93.7 Å². The fourth-order valence-electron chi connectivity index (χ4n) is 1.37. The molecule has 0 heterocycles. The maximum Gasteiger partial charge on any atom is 0.147 e. The molecule has 1 atom stereocenters. The van der Waals surface area contributed by atoms with E-state index in [2.05, 4.69) is 0 Å². The van der Waals surface area contributed by atoms with E-state index in [0.29, 0.717) is 12.1 Å². The lowest BCUT2D eigenvalue weighted by Crippen LogP contribution is -2.20. The summed E-state index contributed by atoms with van der Waals surface area (Å²) in [7, 11) is 3.59. The van der Waals surface area contributed by atoms with Gasteiger partial charge in [-0.05, 0) is 31.8 Å². The number of anilines is 1. The molecule has 0 amide bonds. The molecule has 1 unspecified atom stereocenters. The van der Waals surface area contributed by atoms with Gasteiger partial charge in [0.05, 0.1) is 17.4 Å². The summed E-state index contributed by atoms with van der Waals surface area (Å²) in [5.74, 6) is -0.674. The summed E-state index contributed by atoms with van der Waals surface area (Å²) in [5.41, 5.74) is 5.60. The van der Waals surface area contributed by atoms with E-state index in [9.17, 15) is 9.50 Å². The van der Waals surface area contributed by atoms with Crippen LogP contribution in [0.1, 0.15) is 17.2 Å². The molecule has 86 valence electrons. The first kappa shape index (κ1) is 12.4. The second kappa shape index (κ2) is 4.92. The Morgan fingerprint density at radius 2 is 2.19 bits per heavy atom. The molecule has 0 fully saturated rings. The lowest BCUT2D eigenvalue weighted by Gasteiger charge is -2.17. The van der Waals surface area contributed by atoms with Crippen LogP contribution in [-0.2, 0) is 0 Å². The van der Waals surface area contributed by atoms with Crippen LogP contribution in [0.2, 0.25) is 0 Å². The van der Waals surface area contributed by atoms with Crippen molar-refractivity contribution in [2.45, 2.75) is 6.10 Å². The van der Waals surface area contributed by atoms with Gasteiger partial charge in [-0.25, -0.2) is 4.39 Å². The number of nitrogens with two attached hydrogens (primary N) is 1. The molecule has 0 aliphatic heterocycles. The lowest BCUT2D eigenvalue weighted by molar-refractivity contribution is 0.138. The molecule has 1 aromatic carbocycles. The third-order valence-corrected chi connectivity index (χ3v) is 2.20. The van der Waals surface area contributed by atoms with Gasteiger partial charge in [-0.2, -0.15) is 5.26 Å². The number of aliphatic hydroxyl groups is 1. The fourth-order valence-corrected chi connectivity index (χ4v) is 1.37. The van der Waals surface area contributed by atoms with E-state index in [0.717, 1.165) is 6.07 Å². The standard InChI is InChI=1S/C11H14FN3O/c1-15(2)6-10(16)7-3-8(5-13)11(14)9(12)4-7/h3-4,10,16H,6,14H2,1-2H3. The summed E-state index contributed by atoms with van der Waals surface area (Å²) in [6, 6.07) is 4.36. The Balaban J connectivity index is 3.07. The second-order valence-corrected chi connectivity index (χ2v) is 3.85. The molecule has 0 bridgehead atoms. The van der Waals surface area contributed by atoms with Crippen LogP contribution in [0.4, 0.5) is 10.1 Å². The molecule has 5 heteroatoms. The molecule has 0 aliphatic carbocycles. The van der Waals surface area contributed by atoms with Crippen LogP contribution in [0, 0.1) is 17.1 Å². The van der Waals surface area contributed by atoms with Crippen LogP contribution in [0.25, 0.3) is 0 Å². The Hall–Kier alpha value is -1.64. The predicted molar refractivity (Wildman–Crippen MR) is 59.0 cm³/mol. The fraction of sp³-hybridized carbons (Fsp3) is 0.364. The molecule has 0 aromatic heterocycles. The smallest absolute Gasteiger partial charge is 0.147 e. The third-order valence-electron chi connectivity index (χ3n) is 2.20. The van der Waals surface area contributed by atoms with Crippen molar-refractivity contribution in [3.05, 3.63) is 29.1 Å².